The van der Waals surface area contributed by atoms with E-state index in [4.69, 9.17) is 10.5 Å². The predicted octanol–water partition coefficient (Wildman–Crippen LogP) is 3.29. The summed E-state index contributed by atoms with van der Waals surface area (Å²) >= 11 is 0. The molecule has 0 radical (unpaired) electrons. The summed E-state index contributed by atoms with van der Waals surface area (Å²) in [5, 5.41) is 2.82. The highest BCUT2D eigenvalue weighted by atomic mass is 16.5. The number of primary amides is 1. The number of nitrogens with two attached hydrogens (primary N) is 1. The van der Waals surface area contributed by atoms with E-state index in [0.717, 1.165) is 5.56 Å². The normalized spacial score (nSPS) is 10.2. The summed E-state index contributed by atoms with van der Waals surface area (Å²) in [7, 11) is 1.33. The minimum atomic E-state index is -0.503. The molecule has 3 N–H and O–H groups in total. The maximum Gasteiger partial charge on any atom is 0.337 e. The van der Waals surface area contributed by atoms with E-state index in [-0.39, 0.29) is 5.91 Å². The molecule has 0 aliphatic rings. The first-order valence-corrected chi connectivity index (χ1v) is 9.09. The fourth-order valence-electron chi connectivity index (χ4n) is 2.66. The predicted molar refractivity (Wildman–Crippen MR) is 110 cm³/mol. The fourth-order valence-corrected chi connectivity index (χ4v) is 2.66. The molecule has 152 valence electrons. The summed E-state index contributed by atoms with van der Waals surface area (Å²) in [6.45, 7) is 0.324. The van der Waals surface area contributed by atoms with Crippen molar-refractivity contribution in [2.75, 3.05) is 7.11 Å². The third-order valence-electron chi connectivity index (χ3n) is 4.32. The van der Waals surface area contributed by atoms with Gasteiger partial charge in [-0.3, -0.25) is 9.59 Å². The number of benzene rings is 3. The topological polar surface area (TPSA) is 108 Å². The van der Waals surface area contributed by atoms with Gasteiger partial charge in [0.2, 0.25) is 5.91 Å². The minimum absolute atomic E-state index is 0.232. The van der Waals surface area contributed by atoms with Gasteiger partial charge in [-0.05, 0) is 66.2 Å². The molecule has 0 spiro atoms. The van der Waals surface area contributed by atoms with E-state index in [1.807, 2.05) is 0 Å². The number of ether oxygens (including phenoxy) is 2. The van der Waals surface area contributed by atoms with Crippen LogP contribution in [-0.4, -0.2) is 24.9 Å². The van der Waals surface area contributed by atoms with Crippen LogP contribution in [0.3, 0.4) is 0 Å². The molecule has 30 heavy (non-hydrogen) atoms. The Morgan fingerprint density at radius 2 is 1.27 bits per heavy atom. The number of carbonyl (C=O) groups is 3. The van der Waals surface area contributed by atoms with Crippen molar-refractivity contribution in [3.8, 4) is 11.5 Å². The number of methoxy groups -OCH3 is 1. The lowest BCUT2D eigenvalue weighted by Crippen LogP contribution is -2.22. The van der Waals surface area contributed by atoms with Crippen LogP contribution in [0.2, 0.25) is 0 Å². The number of hydrogen-bond acceptors (Lipinski definition) is 5. The minimum Gasteiger partial charge on any atom is -0.465 e. The van der Waals surface area contributed by atoms with E-state index < -0.39 is 11.9 Å². The number of carbonyl (C=O) groups excluding carboxylic acids is 3. The van der Waals surface area contributed by atoms with Crippen LogP contribution < -0.4 is 15.8 Å². The second kappa shape index (κ2) is 9.38. The van der Waals surface area contributed by atoms with Crippen LogP contribution in [0.1, 0.15) is 36.6 Å². The zero-order valence-corrected chi connectivity index (χ0v) is 16.3. The first kappa shape index (κ1) is 20.6. The van der Waals surface area contributed by atoms with Crippen LogP contribution in [0, 0.1) is 0 Å². The van der Waals surface area contributed by atoms with Gasteiger partial charge < -0.3 is 20.5 Å². The van der Waals surface area contributed by atoms with Crippen molar-refractivity contribution in [3.63, 3.8) is 0 Å². The molecule has 0 aliphatic carbocycles. The Balaban J connectivity index is 1.55. The molecule has 0 saturated heterocycles. The van der Waals surface area contributed by atoms with Gasteiger partial charge in [-0.25, -0.2) is 4.79 Å². The molecule has 0 heterocycles. The Hall–Kier alpha value is -4.13. The Morgan fingerprint density at radius 3 is 1.77 bits per heavy atom. The van der Waals surface area contributed by atoms with Crippen LogP contribution in [-0.2, 0) is 11.3 Å². The van der Waals surface area contributed by atoms with E-state index in [0.29, 0.717) is 34.7 Å². The third kappa shape index (κ3) is 5.23. The third-order valence-corrected chi connectivity index (χ3v) is 4.32. The number of nitrogens with one attached hydrogen (secondary N) is 1. The number of esters is 1. The molecule has 0 fully saturated rings. The van der Waals surface area contributed by atoms with Crippen molar-refractivity contribution < 1.29 is 23.9 Å². The summed E-state index contributed by atoms with van der Waals surface area (Å²) in [5.74, 6) is -0.0400. The van der Waals surface area contributed by atoms with Gasteiger partial charge in [0.1, 0.15) is 11.5 Å². The molecule has 0 saturated carbocycles. The van der Waals surface area contributed by atoms with E-state index >= 15 is 0 Å². The van der Waals surface area contributed by atoms with Gasteiger partial charge in [-0.1, -0.05) is 12.1 Å². The van der Waals surface area contributed by atoms with E-state index in [1.165, 1.54) is 7.11 Å². The molecule has 3 rings (SSSR count). The van der Waals surface area contributed by atoms with Crippen LogP contribution in [0.5, 0.6) is 11.5 Å². The molecule has 0 bridgehead atoms. The molecule has 2 amide bonds. The highest BCUT2D eigenvalue weighted by molar-refractivity contribution is 5.94. The highest BCUT2D eigenvalue weighted by Crippen LogP contribution is 2.22. The van der Waals surface area contributed by atoms with E-state index in [9.17, 15) is 14.4 Å². The maximum absolute atomic E-state index is 12.3. The Kier molecular flexibility index (Phi) is 6.44. The number of amides is 2. The Morgan fingerprint density at radius 1 is 0.767 bits per heavy atom. The fraction of sp³-hybridized carbons (Fsp3) is 0.0870. The molecule has 0 atom stereocenters. The smallest absolute Gasteiger partial charge is 0.337 e. The zero-order valence-electron chi connectivity index (χ0n) is 16.3. The first-order chi connectivity index (χ1) is 14.5. The Bertz CT molecular complexity index is 1040. The maximum atomic E-state index is 12.3. The quantitative estimate of drug-likeness (QED) is 0.588. The SMILES string of the molecule is COC(=O)c1ccc(CNC(=O)c2ccc(Oc3ccc(C(N)=O)cc3)cc2)cc1. The monoisotopic (exact) mass is 404 g/mol. The Labute approximate surface area is 173 Å². The zero-order chi connectivity index (χ0) is 21.5. The molecule has 3 aromatic rings. The van der Waals surface area contributed by atoms with Crippen molar-refractivity contribution >= 4 is 17.8 Å². The van der Waals surface area contributed by atoms with Gasteiger partial charge >= 0.3 is 5.97 Å². The van der Waals surface area contributed by atoms with Gasteiger partial charge in [0.05, 0.1) is 12.7 Å². The second-order valence-corrected chi connectivity index (χ2v) is 6.39. The van der Waals surface area contributed by atoms with Gasteiger partial charge in [0.25, 0.3) is 5.91 Å². The standard InChI is InChI=1S/C23H20N2O5/c1-29-23(28)18-4-2-15(3-5-18)14-25-22(27)17-8-12-20(13-9-17)30-19-10-6-16(7-11-19)21(24)26/h2-13H,14H2,1H3,(H2,24,26)(H,25,27). The molecule has 0 aromatic heterocycles. The average molecular weight is 404 g/mol. The van der Waals surface area contributed by atoms with E-state index in [1.54, 1.807) is 72.8 Å². The van der Waals surface area contributed by atoms with Crippen molar-refractivity contribution in [2.45, 2.75) is 6.54 Å². The largest absolute Gasteiger partial charge is 0.465 e. The van der Waals surface area contributed by atoms with Crippen LogP contribution >= 0.6 is 0 Å². The molecule has 0 aliphatic heterocycles. The summed E-state index contributed by atoms with van der Waals surface area (Å²) in [4.78, 5) is 34.9. The summed E-state index contributed by atoms with van der Waals surface area (Å²) < 4.78 is 10.4. The number of hydrogen-bond donors (Lipinski definition) is 2. The summed E-state index contributed by atoms with van der Waals surface area (Å²) in [6.07, 6.45) is 0. The lowest BCUT2D eigenvalue weighted by molar-refractivity contribution is 0.0600. The lowest BCUT2D eigenvalue weighted by atomic mass is 10.1. The van der Waals surface area contributed by atoms with Crippen LogP contribution in [0.4, 0.5) is 0 Å². The van der Waals surface area contributed by atoms with Crippen LogP contribution in [0.25, 0.3) is 0 Å². The van der Waals surface area contributed by atoms with Crippen molar-refractivity contribution in [3.05, 3.63) is 95.1 Å². The summed E-state index contributed by atoms with van der Waals surface area (Å²) in [6, 6.07) is 19.9. The van der Waals surface area contributed by atoms with Gasteiger partial charge in [-0.2, -0.15) is 0 Å². The number of rotatable bonds is 7. The average Bonchev–Trinajstić information content (AvgIpc) is 2.78. The molecule has 7 heteroatoms. The van der Waals surface area contributed by atoms with Gasteiger partial charge in [0, 0.05) is 17.7 Å². The molecule has 3 aromatic carbocycles. The highest BCUT2D eigenvalue weighted by Gasteiger charge is 2.08. The van der Waals surface area contributed by atoms with Gasteiger partial charge in [0.15, 0.2) is 0 Å². The molecular formula is C23H20N2O5. The van der Waals surface area contributed by atoms with Crippen molar-refractivity contribution in [2.24, 2.45) is 5.73 Å². The molecule has 7 nitrogen and oxygen atoms in total. The molecular weight excluding hydrogens is 384 g/mol. The molecule has 0 unspecified atom stereocenters. The van der Waals surface area contributed by atoms with Gasteiger partial charge in [-0.15, -0.1) is 0 Å². The van der Waals surface area contributed by atoms with E-state index in [2.05, 4.69) is 10.1 Å². The van der Waals surface area contributed by atoms with Crippen molar-refractivity contribution in [1.82, 2.24) is 5.32 Å². The first-order valence-electron chi connectivity index (χ1n) is 9.09. The summed E-state index contributed by atoms with van der Waals surface area (Å²) in [5.41, 5.74) is 7.40. The second-order valence-electron chi connectivity index (χ2n) is 6.39. The van der Waals surface area contributed by atoms with Crippen LogP contribution in [0.15, 0.2) is 72.8 Å². The lowest BCUT2D eigenvalue weighted by Gasteiger charge is -2.08. The van der Waals surface area contributed by atoms with Crippen molar-refractivity contribution in [1.29, 1.82) is 0 Å².